The van der Waals surface area contributed by atoms with E-state index in [1.807, 2.05) is 36.4 Å². The fourth-order valence-electron chi connectivity index (χ4n) is 6.30. The van der Waals surface area contributed by atoms with Gasteiger partial charge in [-0.05, 0) is 71.8 Å². The smallest absolute Gasteiger partial charge is 0.298 e. The van der Waals surface area contributed by atoms with Crippen molar-refractivity contribution in [3.8, 4) is 0 Å². The number of halogens is 6. The highest BCUT2D eigenvalue weighted by molar-refractivity contribution is 5.83. The van der Waals surface area contributed by atoms with Crippen molar-refractivity contribution in [2.45, 2.75) is 69.4 Å². The fraction of sp³-hybridized carbons (Fsp3) is 0.484. The molecule has 1 saturated heterocycles. The predicted molar refractivity (Wildman–Crippen MR) is 141 cm³/mol. The lowest BCUT2D eigenvalue weighted by atomic mass is 9.92. The minimum absolute atomic E-state index is 0.0591. The molecule has 3 aromatic carbocycles. The molecule has 0 spiro atoms. The molecule has 210 valence electrons. The van der Waals surface area contributed by atoms with Gasteiger partial charge in [-0.25, -0.2) is 0 Å². The summed E-state index contributed by atoms with van der Waals surface area (Å²) < 4.78 is 80.7. The third-order valence-electron chi connectivity index (χ3n) is 8.39. The van der Waals surface area contributed by atoms with Gasteiger partial charge in [0.15, 0.2) is 0 Å². The molecule has 0 radical (unpaired) electrons. The number of aryl methyl sites for hydroxylation is 1. The topological polar surface area (TPSA) is 6.48 Å². The molecule has 39 heavy (non-hydrogen) atoms. The lowest BCUT2D eigenvalue weighted by Crippen LogP contribution is -2.51. The summed E-state index contributed by atoms with van der Waals surface area (Å²) in [6.45, 7) is 3.50. The van der Waals surface area contributed by atoms with Gasteiger partial charge in [0.25, 0.3) is 0 Å². The van der Waals surface area contributed by atoms with Crippen LogP contribution in [0.4, 0.5) is 26.3 Å². The van der Waals surface area contributed by atoms with Crippen LogP contribution in [-0.2, 0) is 18.8 Å². The summed E-state index contributed by atoms with van der Waals surface area (Å²) >= 11 is 0. The molecular formula is C31H34F6N2. The van der Waals surface area contributed by atoms with Gasteiger partial charge in [0.05, 0.1) is 11.1 Å². The quantitative estimate of drug-likeness (QED) is 0.285. The normalized spacial score (nSPS) is 19.4. The van der Waals surface area contributed by atoms with E-state index in [9.17, 15) is 26.3 Å². The van der Waals surface area contributed by atoms with Crippen molar-refractivity contribution in [2.24, 2.45) is 0 Å². The Bertz CT molecular complexity index is 1220. The Hall–Kier alpha value is -2.58. The largest absolute Gasteiger partial charge is 0.416 e. The molecule has 3 aromatic rings. The van der Waals surface area contributed by atoms with Crippen LogP contribution in [0.25, 0.3) is 10.8 Å². The van der Waals surface area contributed by atoms with Crippen LogP contribution in [0.5, 0.6) is 0 Å². The number of alkyl halides is 6. The number of hydrogen-bond donors (Lipinski definition) is 0. The van der Waals surface area contributed by atoms with E-state index >= 15 is 0 Å². The molecule has 1 aliphatic heterocycles. The van der Waals surface area contributed by atoms with E-state index in [1.54, 1.807) is 0 Å². The highest BCUT2D eigenvalue weighted by atomic mass is 19.4. The number of hydrogen-bond acceptors (Lipinski definition) is 2. The SMILES string of the molecule is FC(F)(F)c1cc(CCC(c2ccc3ccccc3c2)N2CCN(C3CCCCC3)CC2)cc(C(F)(F)F)c1. The van der Waals surface area contributed by atoms with Gasteiger partial charge in [-0.1, -0.05) is 55.7 Å². The van der Waals surface area contributed by atoms with E-state index in [-0.39, 0.29) is 24.1 Å². The zero-order valence-corrected chi connectivity index (χ0v) is 21.9. The van der Waals surface area contributed by atoms with Crippen molar-refractivity contribution in [2.75, 3.05) is 26.2 Å². The maximum absolute atomic E-state index is 13.4. The molecule has 0 N–H and O–H groups in total. The zero-order chi connectivity index (χ0) is 27.6. The van der Waals surface area contributed by atoms with Crippen LogP contribution < -0.4 is 0 Å². The summed E-state index contributed by atoms with van der Waals surface area (Å²) in [5.41, 5.74) is -1.40. The van der Waals surface area contributed by atoms with Crippen LogP contribution in [0.15, 0.2) is 60.7 Å². The van der Waals surface area contributed by atoms with E-state index in [1.165, 1.54) is 32.1 Å². The summed E-state index contributed by atoms with van der Waals surface area (Å²) in [5, 5.41) is 2.16. The van der Waals surface area contributed by atoms with Crippen LogP contribution in [0.3, 0.4) is 0 Å². The third-order valence-corrected chi connectivity index (χ3v) is 8.39. The molecular weight excluding hydrogens is 514 g/mol. The van der Waals surface area contributed by atoms with E-state index in [0.717, 1.165) is 54.6 Å². The molecule has 0 aromatic heterocycles. The Morgan fingerprint density at radius 1 is 0.692 bits per heavy atom. The lowest BCUT2D eigenvalue weighted by molar-refractivity contribution is -0.143. The van der Waals surface area contributed by atoms with Gasteiger partial charge in [0.1, 0.15) is 0 Å². The predicted octanol–water partition coefficient (Wildman–Crippen LogP) is 8.50. The zero-order valence-electron chi connectivity index (χ0n) is 21.9. The lowest BCUT2D eigenvalue weighted by Gasteiger charge is -2.43. The van der Waals surface area contributed by atoms with Crippen molar-refractivity contribution < 1.29 is 26.3 Å². The Labute approximate surface area is 225 Å². The van der Waals surface area contributed by atoms with Gasteiger partial charge >= 0.3 is 12.4 Å². The Balaban J connectivity index is 1.40. The molecule has 1 aliphatic carbocycles. The van der Waals surface area contributed by atoms with Gasteiger partial charge in [0, 0.05) is 38.3 Å². The van der Waals surface area contributed by atoms with Crippen LogP contribution in [-0.4, -0.2) is 42.0 Å². The summed E-state index contributed by atoms with van der Waals surface area (Å²) in [6.07, 6.45) is -2.86. The summed E-state index contributed by atoms with van der Waals surface area (Å²) in [6, 6.07) is 16.6. The van der Waals surface area contributed by atoms with Gasteiger partial charge < -0.3 is 0 Å². The first kappa shape index (κ1) is 28.0. The molecule has 2 aliphatic rings. The van der Waals surface area contributed by atoms with E-state index in [2.05, 4.69) is 15.9 Å². The molecule has 8 heteroatoms. The van der Waals surface area contributed by atoms with E-state index < -0.39 is 23.5 Å². The van der Waals surface area contributed by atoms with Crippen molar-refractivity contribution in [3.05, 3.63) is 82.9 Å². The van der Waals surface area contributed by atoms with E-state index in [0.29, 0.717) is 12.5 Å². The maximum atomic E-state index is 13.4. The number of piperazine rings is 1. The molecule has 1 saturated carbocycles. The molecule has 0 amide bonds. The highest BCUT2D eigenvalue weighted by Gasteiger charge is 2.37. The summed E-state index contributed by atoms with van der Waals surface area (Å²) in [5.74, 6) is 0. The fourth-order valence-corrected chi connectivity index (χ4v) is 6.30. The number of benzene rings is 3. The number of fused-ring (bicyclic) bond motifs is 1. The standard InChI is InChI=1S/C31H34F6N2/c32-30(33,34)26-18-22(19-27(21-26)31(35,36)37)10-13-29(25-12-11-23-6-4-5-7-24(23)20-25)39-16-14-38(15-17-39)28-8-2-1-3-9-28/h4-7,11-12,18-21,28-29H,1-3,8-10,13-17H2. The highest BCUT2D eigenvalue weighted by Crippen LogP contribution is 2.38. The average molecular weight is 549 g/mol. The third kappa shape index (κ3) is 6.77. The van der Waals surface area contributed by atoms with Gasteiger partial charge in [-0.2, -0.15) is 26.3 Å². The second-order valence-corrected chi connectivity index (χ2v) is 10.9. The van der Waals surface area contributed by atoms with Gasteiger partial charge in [0.2, 0.25) is 0 Å². The van der Waals surface area contributed by atoms with Gasteiger partial charge in [-0.15, -0.1) is 0 Å². The minimum Gasteiger partial charge on any atom is -0.298 e. The van der Waals surface area contributed by atoms with E-state index in [4.69, 9.17) is 0 Å². The van der Waals surface area contributed by atoms with Crippen LogP contribution in [0.1, 0.15) is 66.8 Å². The Morgan fingerprint density at radius 3 is 1.92 bits per heavy atom. The van der Waals surface area contributed by atoms with Crippen LogP contribution in [0, 0.1) is 0 Å². The number of rotatable bonds is 6. The van der Waals surface area contributed by atoms with Crippen molar-refractivity contribution >= 4 is 10.8 Å². The first-order chi connectivity index (χ1) is 18.6. The van der Waals surface area contributed by atoms with Crippen molar-refractivity contribution in [1.82, 2.24) is 9.80 Å². The molecule has 0 bridgehead atoms. The summed E-state index contributed by atoms with van der Waals surface area (Å²) in [4.78, 5) is 4.93. The van der Waals surface area contributed by atoms with Crippen LogP contribution in [0.2, 0.25) is 0 Å². The minimum atomic E-state index is -4.84. The molecule has 5 rings (SSSR count). The monoisotopic (exact) mass is 548 g/mol. The average Bonchev–Trinajstić information content (AvgIpc) is 2.93. The second-order valence-electron chi connectivity index (χ2n) is 10.9. The number of nitrogens with zero attached hydrogens (tertiary/aromatic N) is 2. The Morgan fingerprint density at radius 2 is 1.31 bits per heavy atom. The molecule has 2 nitrogen and oxygen atoms in total. The molecule has 1 unspecified atom stereocenters. The second kappa shape index (κ2) is 11.5. The molecule has 1 atom stereocenters. The van der Waals surface area contributed by atoms with Crippen molar-refractivity contribution in [1.29, 1.82) is 0 Å². The van der Waals surface area contributed by atoms with Crippen LogP contribution >= 0.6 is 0 Å². The Kier molecular flexibility index (Phi) is 8.24. The first-order valence-electron chi connectivity index (χ1n) is 13.8. The maximum Gasteiger partial charge on any atom is 0.416 e. The molecule has 1 heterocycles. The first-order valence-corrected chi connectivity index (χ1v) is 13.8. The summed E-state index contributed by atoms with van der Waals surface area (Å²) in [7, 11) is 0. The van der Waals surface area contributed by atoms with Gasteiger partial charge in [-0.3, -0.25) is 9.80 Å². The van der Waals surface area contributed by atoms with Crippen molar-refractivity contribution in [3.63, 3.8) is 0 Å². The molecule has 2 fully saturated rings.